The summed E-state index contributed by atoms with van der Waals surface area (Å²) >= 11 is 6.63. The molecule has 9 nitrogen and oxygen atoms in total. The van der Waals surface area contributed by atoms with Gasteiger partial charge in [-0.15, -0.1) is 0 Å². The van der Waals surface area contributed by atoms with Gasteiger partial charge in [0.15, 0.2) is 5.83 Å². The van der Waals surface area contributed by atoms with Gasteiger partial charge in [-0.3, -0.25) is 9.69 Å². The maximum Gasteiger partial charge on any atom is 0.318 e. The van der Waals surface area contributed by atoms with E-state index in [-0.39, 0.29) is 24.3 Å². The second kappa shape index (κ2) is 11.5. The smallest absolute Gasteiger partial charge is 0.318 e. The standard InChI is InChI=1S/C30H33ClFN5O4/c1-18(32)29(39)37-11-9-36(10-12-37)28-23-17-40-26(22-7-3-5-19-6-4-8-24(31)27(19)22)14-25(23)33-30(34-28)41-16-20-13-21(38)15-35(20)2/h3-8,20-21,26,38H,1,9-17H2,2H3/t20-,21-,26?/m0/s1. The molecule has 0 spiro atoms. The molecule has 1 amide bonds. The van der Waals surface area contributed by atoms with Crippen LogP contribution >= 0.6 is 11.6 Å². The van der Waals surface area contributed by atoms with E-state index in [0.29, 0.717) is 69.6 Å². The lowest BCUT2D eigenvalue weighted by atomic mass is 9.94. The van der Waals surface area contributed by atoms with Crippen molar-refractivity contribution < 1.29 is 23.8 Å². The van der Waals surface area contributed by atoms with Gasteiger partial charge in [0, 0.05) is 61.2 Å². The van der Waals surface area contributed by atoms with E-state index in [2.05, 4.69) is 16.4 Å². The average molecular weight is 582 g/mol. The van der Waals surface area contributed by atoms with Crippen molar-refractivity contribution in [2.24, 2.45) is 0 Å². The Labute approximate surface area is 243 Å². The third kappa shape index (κ3) is 5.61. The van der Waals surface area contributed by atoms with E-state index < -0.39 is 11.7 Å². The zero-order valence-electron chi connectivity index (χ0n) is 22.9. The predicted octanol–water partition coefficient (Wildman–Crippen LogP) is 3.67. The summed E-state index contributed by atoms with van der Waals surface area (Å²) in [5.41, 5.74) is 2.71. The molecule has 0 saturated carbocycles. The summed E-state index contributed by atoms with van der Waals surface area (Å²) in [7, 11) is 1.97. The van der Waals surface area contributed by atoms with Crippen LogP contribution < -0.4 is 9.64 Å². The summed E-state index contributed by atoms with van der Waals surface area (Å²) in [6, 6.07) is 12.3. The van der Waals surface area contributed by atoms with E-state index in [1.54, 1.807) is 0 Å². The lowest BCUT2D eigenvalue weighted by molar-refractivity contribution is -0.128. The molecule has 11 heteroatoms. The molecule has 1 aromatic heterocycles. The maximum absolute atomic E-state index is 13.5. The van der Waals surface area contributed by atoms with E-state index in [0.717, 1.165) is 27.6 Å². The van der Waals surface area contributed by atoms with Gasteiger partial charge in [-0.05, 0) is 30.5 Å². The first kappa shape index (κ1) is 27.8. The fraction of sp³-hybridized carbons (Fsp3) is 0.433. The van der Waals surface area contributed by atoms with Crippen LogP contribution in [0.2, 0.25) is 5.02 Å². The zero-order valence-corrected chi connectivity index (χ0v) is 23.7. The number of rotatable bonds is 6. The van der Waals surface area contributed by atoms with Crippen LogP contribution in [0.1, 0.15) is 29.3 Å². The second-order valence-electron chi connectivity index (χ2n) is 10.9. The van der Waals surface area contributed by atoms with Crippen LogP contribution in [0.3, 0.4) is 0 Å². The number of aromatic nitrogens is 2. The summed E-state index contributed by atoms with van der Waals surface area (Å²) in [6.07, 6.45) is 0.497. The van der Waals surface area contributed by atoms with Crippen LogP contribution in [0, 0.1) is 0 Å². The van der Waals surface area contributed by atoms with Crippen molar-refractivity contribution in [3.8, 4) is 6.01 Å². The molecular weight excluding hydrogens is 549 g/mol. The monoisotopic (exact) mass is 581 g/mol. The van der Waals surface area contributed by atoms with Crippen molar-refractivity contribution in [3.63, 3.8) is 0 Å². The van der Waals surface area contributed by atoms with Gasteiger partial charge >= 0.3 is 6.01 Å². The van der Waals surface area contributed by atoms with Crippen LogP contribution in [0.15, 0.2) is 48.8 Å². The molecule has 0 aliphatic carbocycles. The first-order valence-corrected chi connectivity index (χ1v) is 14.2. The molecule has 2 aromatic carbocycles. The number of nitrogens with zero attached hydrogens (tertiary/aromatic N) is 5. The molecule has 2 fully saturated rings. The van der Waals surface area contributed by atoms with E-state index in [1.165, 1.54) is 4.90 Å². The number of aliphatic hydroxyl groups excluding tert-OH is 1. The van der Waals surface area contributed by atoms with Crippen molar-refractivity contribution in [2.75, 3.05) is 51.3 Å². The van der Waals surface area contributed by atoms with Gasteiger partial charge in [0.05, 0.1) is 24.5 Å². The highest BCUT2D eigenvalue weighted by Gasteiger charge is 2.33. The average Bonchev–Trinajstić information content (AvgIpc) is 3.31. The van der Waals surface area contributed by atoms with Gasteiger partial charge in [-0.25, -0.2) is 4.39 Å². The molecule has 3 aromatic rings. The van der Waals surface area contributed by atoms with E-state index in [9.17, 15) is 14.3 Å². The Hall–Kier alpha value is -3.31. The van der Waals surface area contributed by atoms with Crippen LogP contribution in [-0.4, -0.2) is 89.3 Å². The van der Waals surface area contributed by atoms with Gasteiger partial charge in [0.25, 0.3) is 5.91 Å². The Morgan fingerprint density at radius 3 is 2.66 bits per heavy atom. The van der Waals surface area contributed by atoms with Crippen LogP contribution in [0.4, 0.5) is 10.2 Å². The van der Waals surface area contributed by atoms with E-state index in [1.807, 2.05) is 43.4 Å². The molecule has 0 bridgehead atoms. The highest BCUT2D eigenvalue weighted by molar-refractivity contribution is 6.35. The number of hydrogen-bond acceptors (Lipinski definition) is 8. The van der Waals surface area contributed by atoms with Gasteiger partial charge < -0.3 is 24.4 Å². The lowest BCUT2D eigenvalue weighted by Crippen LogP contribution is -2.49. The van der Waals surface area contributed by atoms with Gasteiger partial charge in [-0.1, -0.05) is 48.5 Å². The van der Waals surface area contributed by atoms with E-state index >= 15 is 0 Å². The number of amides is 1. The number of fused-ring (bicyclic) bond motifs is 2. The number of carbonyl (C=O) groups is 1. The SMILES string of the molecule is C=C(F)C(=O)N1CCN(c2nc(OC[C@@H]3C[C@H](O)CN3C)nc3c2COC(c2cccc4cccc(Cl)c24)C3)CC1. The molecule has 3 aliphatic rings. The number of hydrogen-bond donors (Lipinski definition) is 1. The molecular formula is C30H33ClFN5O4. The lowest BCUT2D eigenvalue weighted by Gasteiger charge is -2.37. The Kier molecular flexibility index (Phi) is 7.82. The first-order valence-electron chi connectivity index (χ1n) is 13.9. The Morgan fingerprint density at radius 1 is 1.20 bits per heavy atom. The zero-order chi connectivity index (χ0) is 28.7. The highest BCUT2D eigenvalue weighted by Crippen LogP contribution is 2.39. The summed E-state index contributed by atoms with van der Waals surface area (Å²) in [4.78, 5) is 27.4. The third-order valence-electron chi connectivity index (χ3n) is 8.26. The minimum absolute atomic E-state index is 0.0605. The Bertz CT molecular complexity index is 1480. The quantitative estimate of drug-likeness (QED) is 0.441. The minimum atomic E-state index is -0.955. The molecule has 1 unspecified atom stereocenters. The fourth-order valence-corrected chi connectivity index (χ4v) is 6.35. The van der Waals surface area contributed by atoms with Gasteiger partial charge in [-0.2, -0.15) is 9.97 Å². The van der Waals surface area contributed by atoms with Crippen molar-refractivity contribution in [1.82, 2.24) is 19.8 Å². The largest absolute Gasteiger partial charge is 0.462 e. The molecule has 6 rings (SSSR count). The summed E-state index contributed by atoms with van der Waals surface area (Å²) < 4.78 is 26.0. The molecule has 41 heavy (non-hydrogen) atoms. The molecule has 3 aliphatic heterocycles. The van der Waals surface area contributed by atoms with Crippen molar-refractivity contribution >= 4 is 34.1 Å². The third-order valence-corrected chi connectivity index (χ3v) is 8.58. The van der Waals surface area contributed by atoms with Crippen molar-refractivity contribution in [3.05, 3.63) is 70.6 Å². The maximum atomic E-state index is 13.5. The Morgan fingerprint density at radius 2 is 1.95 bits per heavy atom. The fourth-order valence-electron chi connectivity index (χ4n) is 6.06. The number of likely N-dealkylation sites (tertiary alicyclic amines) is 1. The number of piperazine rings is 1. The summed E-state index contributed by atoms with van der Waals surface area (Å²) in [5, 5.41) is 12.7. The van der Waals surface area contributed by atoms with Crippen LogP contribution in [0.5, 0.6) is 6.01 Å². The summed E-state index contributed by atoms with van der Waals surface area (Å²) in [6.45, 7) is 6.04. The number of aliphatic hydroxyl groups is 1. The Balaban J connectivity index is 1.30. The number of likely N-dealkylation sites (N-methyl/N-ethyl adjacent to an activating group) is 1. The predicted molar refractivity (Wildman–Crippen MR) is 154 cm³/mol. The highest BCUT2D eigenvalue weighted by atomic mass is 35.5. The molecule has 2 saturated heterocycles. The van der Waals surface area contributed by atoms with E-state index in [4.69, 9.17) is 31.0 Å². The molecule has 0 radical (unpaired) electrons. The molecule has 3 atom stereocenters. The molecule has 4 heterocycles. The number of ether oxygens (including phenoxy) is 2. The topological polar surface area (TPSA) is 91.3 Å². The molecule has 1 N–H and O–H groups in total. The minimum Gasteiger partial charge on any atom is -0.462 e. The number of anilines is 1. The van der Waals surface area contributed by atoms with Gasteiger partial charge in [0.1, 0.15) is 12.4 Å². The van der Waals surface area contributed by atoms with Crippen molar-refractivity contribution in [2.45, 2.75) is 37.7 Å². The second-order valence-corrected chi connectivity index (χ2v) is 11.3. The first-order chi connectivity index (χ1) is 19.8. The number of halogens is 2. The van der Waals surface area contributed by atoms with Crippen LogP contribution in [-0.2, 0) is 22.6 Å². The van der Waals surface area contributed by atoms with Gasteiger partial charge in [0.2, 0.25) is 0 Å². The number of carbonyl (C=O) groups excluding carboxylic acids is 1. The van der Waals surface area contributed by atoms with Crippen LogP contribution in [0.25, 0.3) is 10.8 Å². The summed E-state index contributed by atoms with van der Waals surface area (Å²) in [5.74, 6) is -0.935. The molecule has 216 valence electrons. The van der Waals surface area contributed by atoms with Crippen molar-refractivity contribution in [1.29, 1.82) is 0 Å². The number of β-amino-alcohol motifs (C(OH)–C–C–N with tert-alkyl or cyclic N) is 1. The number of benzene rings is 2. The normalized spacial score (nSPS) is 23.1.